The first-order valence-corrected chi connectivity index (χ1v) is 5.05. The van der Waals surface area contributed by atoms with E-state index in [1.165, 1.54) is 0 Å². The third kappa shape index (κ3) is 3.09. The van der Waals surface area contributed by atoms with Crippen molar-refractivity contribution in [3.8, 4) is 5.75 Å². The molecule has 0 unspecified atom stereocenters. The summed E-state index contributed by atoms with van der Waals surface area (Å²) in [5.74, 6) is -0.571. The number of nitrogens with zero attached hydrogens (tertiary/aromatic N) is 1. The zero-order valence-electron chi connectivity index (χ0n) is 7.62. The molecular formula is C8H5BrF3NO3. The molecule has 0 saturated heterocycles. The average Bonchev–Trinajstić information content (AvgIpc) is 2.14. The van der Waals surface area contributed by atoms with Crippen LogP contribution in [-0.4, -0.2) is 11.3 Å². The van der Waals surface area contributed by atoms with Crippen molar-refractivity contribution < 1.29 is 22.8 Å². The van der Waals surface area contributed by atoms with Crippen LogP contribution in [0.5, 0.6) is 5.75 Å². The number of ether oxygens (including phenoxy) is 1. The van der Waals surface area contributed by atoms with E-state index in [1.54, 1.807) is 0 Å². The molecule has 88 valence electrons. The smallest absolute Gasteiger partial charge is 0.405 e. The van der Waals surface area contributed by atoms with E-state index >= 15 is 0 Å². The summed E-state index contributed by atoms with van der Waals surface area (Å²) in [6.45, 7) is 0. The van der Waals surface area contributed by atoms with Gasteiger partial charge < -0.3 is 4.74 Å². The summed E-state index contributed by atoms with van der Waals surface area (Å²) in [5, 5.41) is 10.4. The fourth-order valence-corrected chi connectivity index (χ4v) is 1.64. The Labute approximate surface area is 96.3 Å². The first-order valence-electron chi connectivity index (χ1n) is 3.93. The zero-order chi connectivity index (χ0) is 12.3. The van der Waals surface area contributed by atoms with E-state index in [1.807, 2.05) is 0 Å². The Morgan fingerprint density at radius 3 is 2.50 bits per heavy atom. The molecule has 0 aliphatic rings. The first-order chi connectivity index (χ1) is 7.35. The molecule has 0 spiro atoms. The van der Waals surface area contributed by atoms with Crippen LogP contribution in [0.3, 0.4) is 0 Å². The Morgan fingerprint density at radius 1 is 1.44 bits per heavy atom. The molecule has 8 heteroatoms. The molecule has 0 radical (unpaired) electrons. The van der Waals surface area contributed by atoms with Crippen molar-refractivity contribution in [2.24, 2.45) is 0 Å². The minimum Gasteiger partial charge on any atom is -0.405 e. The number of rotatable bonds is 3. The van der Waals surface area contributed by atoms with Gasteiger partial charge in [-0.25, -0.2) is 0 Å². The normalized spacial score (nSPS) is 11.2. The highest BCUT2D eigenvalue weighted by atomic mass is 79.9. The molecule has 0 saturated carbocycles. The zero-order valence-corrected chi connectivity index (χ0v) is 9.21. The Bertz CT molecular complexity index is 408. The largest absolute Gasteiger partial charge is 0.573 e. The lowest BCUT2D eigenvalue weighted by atomic mass is 10.2. The topological polar surface area (TPSA) is 52.4 Å². The third-order valence-corrected chi connectivity index (χ3v) is 2.23. The molecule has 0 N–H and O–H groups in total. The number of halogens is 4. The summed E-state index contributed by atoms with van der Waals surface area (Å²) in [5.41, 5.74) is -0.566. The molecular weight excluding hydrogens is 295 g/mol. The van der Waals surface area contributed by atoms with Crippen LogP contribution in [0.15, 0.2) is 18.2 Å². The molecule has 1 rings (SSSR count). The second-order valence-electron chi connectivity index (χ2n) is 2.69. The maximum atomic E-state index is 12.0. The quantitative estimate of drug-likeness (QED) is 0.488. The van der Waals surface area contributed by atoms with Crippen LogP contribution in [0.2, 0.25) is 0 Å². The molecule has 0 aliphatic heterocycles. The van der Waals surface area contributed by atoms with Gasteiger partial charge in [-0.2, -0.15) is 0 Å². The number of benzene rings is 1. The van der Waals surface area contributed by atoms with Gasteiger partial charge in [-0.3, -0.25) is 10.1 Å². The Hall–Kier alpha value is -1.31. The Balaban J connectivity index is 3.19. The van der Waals surface area contributed by atoms with E-state index in [4.69, 9.17) is 0 Å². The summed E-state index contributed by atoms with van der Waals surface area (Å²) in [4.78, 5) is 9.78. The molecule has 0 bridgehead atoms. The van der Waals surface area contributed by atoms with E-state index < -0.39 is 22.7 Å². The third-order valence-electron chi connectivity index (χ3n) is 1.66. The van der Waals surface area contributed by atoms with E-state index in [-0.39, 0.29) is 10.9 Å². The number of hydrogen-bond donors (Lipinski definition) is 0. The van der Waals surface area contributed by atoms with Gasteiger partial charge in [-0.15, -0.1) is 13.2 Å². The Kier molecular flexibility index (Phi) is 3.74. The molecule has 16 heavy (non-hydrogen) atoms. The van der Waals surface area contributed by atoms with Crippen LogP contribution in [0, 0.1) is 10.1 Å². The molecule has 0 fully saturated rings. The molecule has 0 atom stereocenters. The maximum Gasteiger partial charge on any atom is 0.573 e. The van der Waals surface area contributed by atoms with Crippen LogP contribution >= 0.6 is 15.9 Å². The maximum absolute atomic E-state index is 12.0. The minimum absolute atomic E-state index is 0.102. The summed E-state index contributed by atoms with van der Waals surface area (Å²) >= 11 is 2.88. The number of nitro benzene ring substituents is 1. The van der Waals surface area contributed by atoms with Gasteiger partial charge in [0.2, 0.25) is 0 Å². The van der Waals surface area contributed by atoms with Crippen LogP contribution in [0.25, 0.3) is 0 Å². The van der Waals surface area contributed by atoms with Crippen molar-refractivity contribution in [2.45, 2.75) is 11.7 Å². The highest BCUT2D eigenvalue weighted by Crippen LogP contribution is 2.33. The van der Waals surface area contributed by atoms with Crippen LogP contribution in [0.4, 0.5) is 18.9 Å². The number of alkyl halides is 4. The fourth-order valence-electron chi connectivity index (χ4n) is 1.08. The minimum atomic E-state index is -4.87. The summed E-state index contributed by atoms with van der Waals surface area (Å²) in [6.07, 6.45) is -4.87. The number of nitro groups is 1. The highest BCUT2D eigenvalue weighted by molar-refractivity contribution is 9.08. The molecule has 0 heterocycles. The van der Waals surface area contributed by atoms with Gasteiger partial charge in [-0.1, -0.05) is 22.0 Å². The lowest BCUT2D eigenvalue weighted by Gasteiger charge is -2.11. The lowest BCUT2D eigenvalue weighted by molar-refractivity contribution is -0.385. The predicted molar refractivity (Wildman–Crippen MR) is 52.4 cm³/mol. The number of hydrogen-bond acceptors (Lipinski definition) is 3. The first kappa shape index (κ1) is 12.8. The van der Waals surface area contributed by atoms with Gasteiger partial charge >= 0.3 is 6.36 Å². The van der Waals surface area contributed by atoms with Crippen molar-refractivity contribution in [1.29, 1.82) is 0 Å². The highest BCUT2D eigenvalue weighted by Gasteiger charge is 2.33. The van der Waals surface area contributed by atoms with Crippen LogP contribution in [-0.2, 0) is 5.33 Å². The standard InChI is InChI=1S/C8H5BrF3NO3/c9-4-5-6(13(14)15)2-1-3-7(5)16-8(10,11)12/h1-3H,4H2. The molecule has 0 aliphatic carbocycles. The van der Waals surface area contributed by atoms with Gasteiger partial charge in [0, 0.05) is 11.4 Å². The summed E-state index contributed by atoms with van der Waals surface area (Å²) in [7, 11) is 0. The van der Waals surface area contributed by atoms with Gasteiger partial charge in [0.05, 0.1) is 10.5 Å². The SMILES string of the molecule is O=[N+]([O-])c1cccc(OC(F)(F)F)c1CBr. The van der Waals surface area contributed by atoms with Crippen LogP contribution < -0.4 is 4.74 Å². The van der Waals surface area contributed by atoms with Crippen molar-refractivity contribution in [1.82, 2.24) is 0 Å². The molecule has 0 amide bonds. The van der Waals surface area contributed by atoms with Crippen molar-refractivity contribution >= 4 is 21.6 Å². The predicted octanol–water partition coefficient (Wildman–Crippen LogP) is 3.39. The fraction of sp³-hybridized carbons (Fsp3) is 0.250. The Morgan fingerprint density at radius 2 is 2.06 bits per heavy atom. The van der Waals surface area contributed by atoms with Gasteiger partial charge in [0.25, 0.3) is 5.69 Å². The van der Waals surface area contributed by atoms with Crippen molar-refractivity contribution in [3.05, 3.63) is 33.9 Å². The monoisotopic (exact) mass is 299 g/mol. The summed E-state index contributed by atoms with van der Waals surface area (Å²) in [6, 6.07) is 3.27. The van der Waals surface area contributed by atoms with Crippen molar-refractivity contribution in [2.75, 3.05) is 0 Å². The summed E-state index contributed by atoms with van der Waals surface area (Å²) < 4.78 is 39.6. The van der Waals surface area contributed by atoms with E-state index in [2.05, 4.69) is 20.7 Å². The van der Waals surface area contributed by atoms with Crippen molar-refractivity contribution in [3.63, 3.8) is 0 Å². The molecule has 1 aromatic rings. The molecule has 4 nitrogen and oxygen atoms in total. The van der Waals surface area contributed by atoms with Gasteiger partial charge in [-0.05, 0) is 6.07 Å². The molecule has 0 aromatic heterocycles. The average molecular weight is 300 g/mol. The van der Waals surface area contributed by atoms with Crippen LogP contribution in [0.1, 0.15) is 5.56 Å². The second kappa shape index (κ2) is 4.69. The lowest BCUT2D eigenvalue weighted by Crippen LogP contribution is -2.18. The van der Waals surface area contributed by atoms with E-state index in [9.17, 15) is 23.3 Å². The molecule has 1 aromatic carbocycles. The van der Waals surface area contributed by atoms with Gasteiger partial charge in [0.1, 0.15) is 5.75 Å². The van der Waals surface area contributed by atoms with E-state index in [0.29, 0.717) is 0 Å². The second-order valence-corrected chi connectivity index (χ2v) is 3.25. The van der Waals surface area contributed by atoms with Gasteiger partial charge in [0.15, 0.2) is 0 Å². The van der Waals surface area contributed by atoms with E-state index in [0.717, 1.165) is 18.2 Å².